The smallest absolute Gasteiger partial charge is 0.0588 e. The van der Waals surface area contributed by atoms with E-state index in [0.717, 1.165) is 28.5 Å². The Morgan fingerprint density at radius 1 is 0.647 bits per heavy atom. The Bertz CT molecular complexity index is 474. The molecule has 0 bridgehead atoms. The largest absolute Gasteiger partial charge is 0.258 e. The number of hydrogen-bond acceptors (Lipinski definition) is 4. The SMILES string of the molecule is Cc1cnc(C)c(C)n1.Cc1nccnc1C. The lowest BCUT2D eigenvalue weighted by atomic mass is 10.3. The van der Waals surface area contributed by atoms with Crippen LogP contribution in [0.4, 0.5) is 0 Å². The Morgan fingerprint density at radius 2 is 1.12 bits per heavy atom. The average Bonchev–Trinajstić information content (AvgIpc) is 2.29. The number of rotatable bonds is 0. The number of aromatic nitrogens is 4. The van der Waals surface area contributed by atoms with Crippen molar-refractivity contribution in [2.75, 3.05) is 0 Å². The molecule has 0 radical (unpaired) electrons. The molecule has 90 valence electrons. The zero-order valence-electron chi connectivity index (χ0n) is 11.0. The third-order valence-electron chi connectivity index (χ3n) is 2.44. The molecule has 0 atom stereocenters. The second-order valence-electron chi connectivity index (χ2n) is 3.91. The lowest BCUT2D eigenvalue weighted by Gasteiger charge is -1.96. The summed E-state index contributed by atoms with van der Waals surface area (Å²) in [5, 5.41) is 0. The van der Waals surface area contributed by atoms with Crippen molar-refractivity contribution in [2.45, 2.75) is 34.6 Å². The zero-order valence-corrected chi connectivity index (χ0v) is 11.0. The lowest BCUT2D eigenvalue weighted by molar-refractivity contribution is 1.00. The molecule has 2 rings (SSSR count). The Hall–Kier alpha value is -1.84. The van der Waals surface area contributed by atoms with Gasteiger partial charge in [-0.15, -0.1) is 0 Å². The number of aryl methyl sites for hydroxylation is 5. The fourth-order valence-electron chi connectivity index (χ4n) is 1.14. The highest BCUT2D eigenvalue weighted by Crippen LogP contribution is 1.98. The summed E-state index contributed by atoms with van der Waals surface area (Å²) in [6.07, 6.45) is 5.17. The van der Waals surface area contributed by atoms with E-state index in [-0.39, 0.29) is 0 Å². The second kappa shape index (κ2) is 6.03. The third kappa shape index (κ3) is 4.26. The average molecular weight is 230 g/mol. The van der Waals surface area contributed by atoms with Crippen LogP contribution in [0.3, 0.4) is 0 Å². The fraction of sp³-hybridized carbons (Fsp3) is 0.385. The highest BCUT2D eigenvalue weighted by atomic mass is 14.8. The van der Waals surface area contributed by atoms with Crippen molar-refractivity contribution in [1.82, 2.24) is 19.9 Å². The summed E-state index contributed by atoms with van der Waals surface area (Å²) < 4.78 is 0. The molecule has 0 aliphatic heterocycles. The Labute approximate surface area is 102 Å². The van der Waals surface area contributed by atoms with Gasteiger partial charge in [0.1, 0.15) is 0 Å². The van der Waals surface area contributed by atoms with Crippen molar-refractivity contribution in [2.24, 2.45) is 0 Å². The first-order valence-electron chi connectivity index (χ1n) is 5.51. The Balaban J connectivity index is 0.000000171. The lowest BCUT2D eigenvalue weighted by Crippen LogP contribution is -1.92. The van der Waals surface area contributed by atoms with Crippen LogP contribution in [0.15, 0.2) is 18.6 Å². The van der Waals surface area contributed by atoms with Gasteiger partial charge in [0, 0.05) is 18.6 Å². The van der Waals surface area contributed by atoms with E-state index in [4.69, 9.17) is 0 Å². The van der Waals surface area contributed by atoms with E-state index in [1.54, 1.807) is 18.6 Å². The van der Waals surface area contributed by atoms with Crippen LogP contribution in [-0.4, -0.2) is 19.9 Å². The Morgan fingerprint density at radius 3 is 1.47 bits per heavy atom. The van der Waals surface area contributed by atoms with Crippen LogP contribution < -0.4 is 0 Å². The predicted octanol–water partition coefficient (Wildman–Crippen LogP) is 2.50. The first kappa shape index (κ1) is 13.2. The first-order chi connectivity index (χ1) is 8.00. The summed E-state index contributed by atoms with van der Waals surface area (Å²) in [6.45, 7) is 9.77. The standard InChI is InChI=1S/C7H10N2.C6H8N2/c1-5-4-8-6(2)7(3)9-5;1-5-6(2)8-4-3-7-5/h4H,1-3H3;3-4H,1-2H3. The van der Waals surface area contributed by atoms with Gasteiger partial charge in [-0.2, -0.15) is 0 Å². The van der Waals surface area contributed by atoms with Crippen LogP contribution in [0.5, 0.6) is 0 Å². The van der Waals surface area contributed by atoms with Gasteiger partial charge in [0.25, 0.3) is 0 Å². The molecular formula is C13H18N4. The monoisotopic (exact) mass is 230 g/mol. The molecule has 0 saturated carbocycles. The summed E-state index contributed by atoms with van der Waals surface area (Å²) in [5.41, 5.74) is 5.04. The minimum Gasteiger partial charge on any atom is -0.258 e. The highest BCUT2D eigenvalue weighted by Gasteiger charge is 1.92. The van der Waals surface area contributed by atoms with Gasteiger partial charge < -0.3 is 0 Å². The molecule has 0 aromatic carbocycles. The van der Waals surface area contributed by atoms with E-state index in [1.165, 1.54) is 0 Å². The maximum absolute atomic E-state index is 4.21. The molecule has 0 spiro atoms. The van der Waals surface area contributed by atoms with Gasteiger partial charge in [0.05, 0.1) is 28.5 Å². The minimum atomic E-state index is 0.984. The van der Waals surface area contributed by atoms with Crippen LogP contribution in [0.25, 0.3) is 0 Å². The van der Waals surface area contributed by atoms with Crippen LogP contribution in [0, 0.1) is 34.6 Å². The minimum absolute atomic E-state index is 0.984. The predicted molar refractivity (Wildman–Crippen MR) is 67.7 cm³/mol. The zero-order chi connectivity index (χ0) is 12.8. The molecule has 17 heavy (non-hydrogen) atoms. The van der Waals surface area contributed by atoms with E-state index in [0.29, 0.717) is 0 Å². The molecule has 4 nitrogen and oxygen atoms in total. The molecule has 2 aromatic heterocycles. The maximum Gasteiger partial charge on any atom is 0.0588 e. The molecule has 0 fully saturated rings. The molecular weight excluding hydrogens is 212 g/mol. The molecule has 0 N–H and O–H groups in total. The molecule has 0 aliphatic rings. The number of nitrogens with zero attached hydrogens (tertiary/aromatic N) is 4. The van der Waals surface area contributed by atoms with Crippen molar-refractivity contribution < 1.29 is 0 Å². The van der Waals surface area contributed by atoms with Gasteiger partial charge in [-0.3, -0.25) is 19.9 Å². The van der Waals surface area contributed by atoms with Gasteiger partial charge in [0.15, 0.2) is 0 Å². The van der Waals surface area contributed by atoms with Crippen molar-refractivity contribution in [1.29, 1.82) is 0 Å². The summed E-state index contributed by atoms with van der Waals surface area (Å²) in [6, 6.07) is 0. The third-order valence-corrected chi connectivity index (χ3v) is 2.44. The summed E-state index contributed by atoms with van der Waals surface area (Å²) in [4.78, 5) is 16.4. The van der Waals surface area contributed by atoms with Gasteiger partial charge in [-0.25, -0.2) is 0 Å². The van der Waals surface area contributed by atoms with E-state index < -0.39 is 0 Å². The van der Waals surface area contributed by atoms with Crippen LogP contribution >= 0.6 is 0 Å². The molecule has 0 amide bonds. The normalized spacial score (nSPS) is 9.47. The van der Waals surface area contributed by atoms with Gasteiger partial charge in [-0.05, 0) is 34.6 Å². The molecule has 0 unspecified atom stereocenters. The number of hydrogen-bond donors (Lipinski definition) is 0. The van der Waals surface area contributed by atoms with Gasteiger partial charge >= 0.3 is 0 Å². The quantitative estimate of drug-likeness (QED) is 0.697. The fourth-order valence-corrected chi connectivity index (χ4v) is 1.14. The Kier molecular flexibility index (Phi) is 4.69. The highest BCUT2D eigenvalue weighted by molar-refractivity contribution is 5.09. The molecule has 0 aliphatic carbocycles. The maximum atomic E-state index is 4.21. The van der Waals surface area contributed by atoms with E-state index in [2.05, 4.69) is 19.9 Å². The summed E-state index contributed by atoms with van der Waals surface area (Å²) in [7, 11) is 0. The second-order valence-corrected chi connectivity index (χ2v) is 3.91. The molecule has 2 aromatic rings. The van der Waals surface area contributed by atoms with Crippen LogP contribution in [-0.2, 0) is 0 Å². The first-order valence-corrected chi connectivity index (χ1v) is 5.51. The van der Waals surface area contributed by atoms with Crippen molar-refractivity contribution in [3.05, 3.63) is 47.1 Å². The van der Waals surface area contributed by atoms with Crippen LogP contribution in [0.1, 0.15) is 28.5 Å². The summed E-state index contributed by atoms with van der Waals surface area (Å²) in [5.74, 6) is 0. The van der Waals surface area contributed by atoms with E-state index in [9.17, 15) is 0 Å². The van der Waals surface area contributed by atoms with Crippen molar-refractivity contribution in [3.63, 3.8) is 0 Å². The van der Waals surface area contributed by atoms with Crippen LogP contribution in [0.2, 0.25) is 0 Å². The topological polar surface area (TPSA) is 51.6 Å². The molecule has 0 saturated heterocycles. The molecule has 4 heteroatoms. The van der Waals surface area contributed by atoms with Crippen molar-refractivity contribution >= 4 is 0 Å². The molecule has 2 heterocycles. The summed E-state index contributed by atoms with van der Waals surface area (Å²) >= 11 is 0. The van der Waals surface area contributed by atoms with E-state index in [1.807, 2.05) is 34.6 Å². The van der Waals surface area contributed by atoms with Gasteiger partial charge in [-0.1, -0.05) is 0 Å². The van der Waals surface area contributed by atoms with Gasteiger partial charge in [0.2, 0.25) is 0 Å². The van der Waals surface area contributed by atoms with Crippen molar-refractivity contribution in [3.8, 4) is 0 Å². The van der Waals surface area contributed by atoms with E-state index >= 15 is 0 Å².